The Balaban J connectivity index is 1.55. The molecule has 1 saturated heterocycles. The molecular weight excluding hydrogens is 330 g/mol. The van der Waals surface area contributed by atoms with Gasteiger partial charge in [0.1, 0.15) is 11.6 Å². The Labute approximate surface area is 154 Å². The third-order valence-corrected chi connectivity index (χ3v) is 4.32. The van der Waals surface area contributed by atoms with Crippen LogP contribution in [0.3, 0.4) is 0 Å². The van der Waals surface area contributed by atoms with Crippen molar-refractivity contribution in [2.45, 2.75) is 13.5 Å². The molecule has 2 aromatic rings. The fourth-order valence-electron chi connectivity index (χ4n) is 2.92. The van der Waals surface area contributed by atoms with Crippen LogP contribution in [0.1, 0.15) is 11.3 Å². The van der Waals surface area contributed by atoms with Gasteiger partial charge in [-0.3, -0.25) is 4.90 Å². The van der Waals surface area contributed by atoms with Gasteiger partial charge in [-0.1, -0.05) is 18.2 Å². The maximum atomic E-state index is 5.39. The molecule has 0 unspecified atom stereocenters. The lowest BCUT2D eigenvalue weighted by Gasteiger charge is -2.26. The van der Waals surface area contributed by atoms with Gasteiger partial charge in [-0.25, -0.2) is 4.98 Å². The van der Waals surface area contributed by atoms with Crippen LogP contribution >= 0.6 is 0 Å². The van der Waals surface area contributed by atoms with E-state index < -0.39 is 0 Å². The number of hydrogen-bond acceptors (Lipinski definition) is 7. The van der Waals surface area contributed by atoms with E-state index in [4.69, 9.17) is 9.47 Å². The average Bonchev–Trinajstić information content (AvgIpc) is 2.67. The first-order valence-corrected chi connectivity index (χ1v) is 9.00. The number of morpholine rings is 1. The second-order valence-corrected chi connectivity index (χ2v) is 6.26. The number of nitrogens with zero attached hydrogens (tertiary/aromatic N) is 3. The predicted molar refractivity (Wildman–Crippen MR) is 103 cm³/mol. The van der Waals surface area contributed by atoms with E-state index in [1.807, 2.05) is 37.3 Å². The molecule has 3 rings (SSSR count). The topological polar surface area (TPSA) is 71.5 Å². The Kier molecular flexibility index (Phi) is 6.62. The molecular formula is C19H27N5O2. The van der Waals surface area contributed by atoms with Crippen molar-refractivity contribution in [3.05, 3.63) is 41.6 Å². The van der Waals surface area contributed by atoms with Gasteiger partial charge in [-0.05, 0) is 13.0 Å². The van der Waals surface area contributed by atoms with Crippen LogP contribution in [0, 0.1) is 6.92 Å². The van der Waals surface area contributed by atoms with Crippen LogP contribution in [0.5, 0.6) is 5.75 Å². The minimum Gasteiger partial charge on any atom is -0.496 e. The number of aromatic nitrogens is 2. The van der Waals surface area contributed by atoms with Crippen molar-refractivity contribution in [2.75, 3.05) is 57.1 Å². The van der Waals surface area contributed by atoms with Crippen LogP contribution in [-0.2, 0) is 11.3 Å². The standard InChI is InChI=1S/C19H27N5O2/c1-15-13-18(21-14-16-5-3-4-6-17(16)25-2)23-19(22-15)20-7-8-24-9-11-26-12-10-24/h3-6,13H,7-12,14H2,1-2H3,(H2,20,21,22,23). The summed E-state index contributed by atoms with van der Waals surface area (Å²) in [6, 6.07) is 9.92. The maximum absolute atomic E-state index is 5.39. The fraction of sp³-hybridized carbons (Fsp3) is 0.474. The largest absolute Gasteiger partial charge is 0.496 e. The minimum absolute atomic E-state index is 0.647. The summed E-state index contributed by atoms with van der Waals surface area (Å²) in [5.74, 6) is 2.33. The van der Waals surface area contributed by atoms with E-state index >= 15 is 0 Å². The third-order valence-electron chi connectivity index (χ3n) is 4.32. The van der Waals surface area contributed by atoms with E-state index in [9.17, 15) is 0 Å². The van der Waals surface area contributed by atoms with Crippen molar-refractivity contribution in [1.29, 1.82) is 0 Å². The molecule has 0 spiro atoms. The van der Waals surface area contributed by atoms with Gasteiger partial charge in [-0.15, -0.1) is 0 Å². The van der Waals surface area contributed by atoms with Gasteiger partial charge in [0.15, 0.2) is 0 Å². The first kappa shape index (κ1) is 18.4. The van der Waals surface area contributed by atoms with Gasteiger partial charge in [0.25, 0.3) is 0 Å². The van der Waals surface area contributed by atoms with Crippen molar-refractivity contribution < 1.29 is 9.47 Å². The number of rotatable bonds is 8. The molecule has 26 heavy (non-hydrogen) atoms. The van der Waals surface area contributed by atoms with Crippen molar-refractivity contribution in [3.8, 4) is 5.75 Å². The SMILES string of the molecule is COc1ccccc1CNc1cc(C)nc(NCCN2CCOCC2)n1. The molecule has 0 radical (unpaired) electrons. The highest BCUT2D eigenvalue weighted by atomic mass is 16.5. The zero-order chi connectivity index (χ0) is 18.2. The molecule has 7 heteroatoms. The molecule has 0 amide bonds. The molecule has 1 aliphatic heterocycles. The monoisotopic (exact) mass is 357 g/mol. The molecule has 1 fully saturated rings. The molecule has 7 nitrogen and oxygen atoms in total. The van der Waals surface area contributed by atoms with Gasteiger partial charge >= 0.3 is 0 Å². The van der Waals surface area contributed by atoms with Crippen LogP contribution in [0.25, 0.3) is 0 Å². The lowest BCUT2D eigenvalue weighted by molar-refractivity contribution is 0.0398. The highest BCUT2D eigenvalue weighted by molar-refractivity contribution is 5.44. The van der Waals surface area contributed by atoms with Crippen molar-refractivity contribution in [3.63, 3.8) is 0 Å². The molecule has 140 valence electrons. The zero-order valence-electron chi connectivity index (χ0n) is 15.5. The Morgan fingerprint density at radius 2 is 1.96 bits per heavy atom. The van der Waals surface area contributed by atoms with Crippen molar-refractivity contribution in [2.24, 2.45) is 0 Å². The fourth-order valence-corrected chi connectivity index (χ4v) is 2.92. The summed E-state index contributed by atoms with van der Waals surface area (Å²) in [6.45, 7) is 8.01. The number of ether oxygens (including phenoxy) is 2. The van der Waals surface area contributed by atoms with Gasteiger partial charge in [0, 0.05) is 50.0 Å². The molecule has 1 aromatic heterocycles. The summed E-state index contributed by atoms with van der Waals surface area (Å²) in [7, 11) is 1.68. The van der Waals surface area contributed by atoms with Crippen LogP contribution in [-0.4, -0.2) is 61.4 Å². The number of methoxy groups -OCH3 is 1. The third kappa shape index (κ3) is 5.31. The summed E-state index contributed by atoms with van der Waals surface area (Å²) >= 11 is 0. The highest BCUT2D eigenvalue weighted by Gasteiger charge is 2.10. The minimum atomic E-state index is 0.647. The van der Waals surface area contributed by atoms with Gasteiger partial charge in [0.2, 0.25) is 5.95 Å². The quantitative estimate of drug-likeness (QED) is 0.750. The van der Waals surface area contributed by atoms with Crippen molar-refractivity contribution in [1.82, 2.24) is 14.9 Å². The summed E-state index contributed by atoms with van der Waals surface area (Å²) in [4.78, 5) is 11.4. The first-order chi connectivity index (χ1) is 12.7. The average molecular weight is 357 g/mol. The molecule has 1 aliphatic rings. The molecule has 0 aliphatic carbocycles. The van der Waals surface area contributed by atoms with Crippen LogP contribution in [0.2, 0.25) is 0 Å². The number of benzene rings is 1. The molecule has 0 saturated carbocycles. The summed E-state index contributed by atoms with van der Waals surface area (Å²) in [5, 5.41) is 6.68. The molecule has 2 heterocycles. The molecule has 1 aromatic carbocycles. The lowest BCUT2D eigenvalue weighted by atomic mass is 10.2. The number of aryl methyl sites for hydroxylation is 1. The normalized spacial score (nSPS) is 14.8. The number of para-hydroxylation sites is 1. The Morgan fingerprint density at radius 3 is 2.77 bits per heavy atom. The Hall–Kier alpha value is -2.38. The van der Waals surface area contributed by atoms with E-state index in [1.54, 1.807) is 7.11 Å². The Bertz CT molecular complexity index is 704. The van der Waals surface area contributed by atoms with Gasteiger partial charge in [0.05, 0.1) is 20.3 Å². The summed E-state index contributed by atoms with van der Waals surface area (Å²) in [5.41, 5.74) is 2.02. The van der Waals surface area contributed by atoms with Gasteiger partial charge in [-0.2, -0.15) is 4.98 Å². The second kappa shape index (κ2) is 9.35. The predicted octanol–water partition coefficient (Wildman–Crippen LogP) is 2.15. The van der Waals surface area contributed by atoms with Crippen LogP contribution < -0.4 is 15.4 Å². The highest BCUT2D eigenvalue weighted by Crippen LogP contribution is 2.19. The van der Waals surface area contributed by atoms with Crippen LogP contribution in [0.15, 0.2) is 30.3 Å². The van der Waals surface area contributed by atoms with Gasteiger partial charge < -0.3 is 20.1 Å². The van der Waals surface area contributed by atoms with Crippen molar-refractivity contribution >= 4 is 11.8 Å². The van der Waals surface area contributed by atoms with Crippen LogP contribution in [0.4, 0.5) is 11.8 Å². The molecule has 0 atom stereocenters. The second-order valence-electron chi connectivity index (χ2n) is 6.26. The molecule has 2 N–H and O–H groups in total. The van der Waals surface area contributed by atoms with E-state index in [-0.39, 0.29) is 0 Å². The number of nitrogens with one attached hydrogen (secondary N) is 2. The summed E-state index contributed by atoms with van der Waals surface area (Å²) < 4.78 is 10.8. The lowest BCUT2D eigenvalue weighted by Crippen LogP contribution is -2.39. The smallest absolute Gasteiger partial charge is 0.224 e. The van der Waals surface area contributed by atoms with E-state index in [0.29, 0.717) is 12.5 Å². The van der Waals surface area contributed by atoms with E-state index in [2.05, 4.69) is 25.5 Å². The van der Waals surface area contributed by atoms with E-state index in [1.165, 1.54) is 0 Å². The number of hydrogen-bond donors (Lipinski definition) is 2. The summed E-state index contributed by atoms with van der Waals surface area (Å²) in [6.07, 6.45) is 0. The number of anilines is 2. The molecule has 0 bridgehead atoms. The van der Waals surface area contributed by atoms with E-state index in [0.717, 1.165) is 62.2 Å². The first-order valence-electron chi connectivity index (χ1n) is 9.00. The zero-order valence-corrected chi connectivity index (χ0v) is 15.5. The Morgan fingerprint density at radius 1 is 1.15 bits per heavy atom. The maximum Gasteiger partial charge on any atom is 0.224 e.